The van der Waals surface area contributed by atoms with Gasteiger partial charge in [0, 0.05) is 19.2 Å². The fourth-order valence-electron chi connectivity index (χ4n) is 0.994. The first-order valence-electron chi connectivity index (χ1n) is 4.61. The van der Waals surface area contributed by atoms with Gasteiger partial charge in [-0.3, -0.25) is 0 Å². The van der Waals surface area contributed by atoms with Crippen molar-refractivity contribution in [3.8, 4) is 0 Å². The lowest BCUT2D eigenvalue weighted by atomic mass is 10.5. The predicted octanol–water partition coefficient (Wildman–Crippen LogP) is 2.10. The van der Waals surface area contributed by atoms with Crippen LogP contribution in [-0.2, 0) is 11.3 Å². The summed E-state index contributed by atoms with van der Waals surface area (Å²) in [7, 11) is 0. The SMILES string of the molecule is CCNc1cc(Cl)nc(COCC)n1. The second-order valence-electron chi connectivity index (χ2n) is 2.66. The van der Waals surface area contributed by atoms with Crippen LogP contribution < -0.4 is 5.32 Å². The van der Waals surface area contributed by atoms with Crippen LogP contribution in [0.25, 0.3) is 0 Å². The third-order valence-corrected chi connectivity index (χ3v) is 1.73. The molecule has 0 amide bonds. The summed E-state index contributed by atoms with van der Waals surface area (Å²) in [6.45, 7) is 5.78. The van der Waals surface area contributed by atoms with Crippen molar-refractivity contribution in [2.24, 2.45) is 0 Å². The Balaban J connectivity index is 2.73. The van der Waals surface area contributed by atoms with Gasteiger partial charge in [0.15, 0.2) is 5.82 Å². The topological polar surface area (TPSA) is 47.0 Å². The lowest BCUT2D eigenvalue weighted by molar-refractivity contribution is 0.128. The van der Waals surface area contributed by atoms with E-state index in [1.165, 1.54) is 0 Å². The van der Waals surface area contributed by atoms with Gasteiger partial charge in [0.05, 0.1) is 0 Å². The summed E-state index contributed by atoms with van der Waals surface area (Å²) >= 11 is 5.82. The van der Waals surface area contributed by atoms with E-state index in [-0.39, 0.29) is 0 Å². The van der Waals surface area contributed by atoms with E-state index in [4.69, 9.17) is 16.3 Å². The van der Waals surface area contributed by atoms with E-state index < -0.39 is 0 Å². The predicted molar refractivity (Wildman–Crippen MR) is 56.5 cm³/mol. The molecule has 0 aromatic carbocycles. The summed E-state index contributed by atoms with van der Waals surface area (Å²) in [6, 6.07) is 1.69. The largest absolute Gasteiger partial charge is 0.374 e. The molecule has 1 N–H and O–H groups in total. The van der Waals surface area contributed by atoms with Crippen molar-refractivity contribution in [1.82, 2.24) is 9.97 Å². The fourth-order valence-corrected chi connectivity index (χ4v) is 1.20. The Morgan fingerprint density at radius 3 is 2.86 bits per heavy atom. The maximum absolute atomic E-state index is 5.82. The van der Waals surface area contributed by atoms with Gasteiger partial charge in [-0.1, -0.05) is 11.6 Å². The monoisotopic (exact) mass is 215 g/mol. The summed E-state index contributed by atoms with van der Waals surface area (Å²) in [4.78, 5) is 8.27. The zero-order valence-electron chi connectivity index (χ0n) is 8.38. The van der Waals surface area contributed by atoms with Gasteiger partial charge in [0.25, 0.3) is 0 Å². The average Bonchev–Trinajstić information content (AvgIpc) is 2.14. The van der Waals surface area contributed by atoms with Crippen LogP contribution in [0.4, 0.5) is 5.82 Å². The van der Waals surface area contributed by atoms with Crippen molar-refractivity contribution in [1.29, 1.82) is 0 Å². The van der Waals surface area contributed by atoms with E-state index >= 15 is 0 Å². The van der Waals surface area contributed by atoms with Crippen LogP contribution in [0.5, 0.6) is 0 Å². The molecule has 14 heavy (non-hydrogen) atoms. The molecule has 1 rings (SSSR count). The van der Waals surface area contributed by atoms with Crippen LogP contribution in [0.3, 0.4) is 0 Å². The Hall–Kier alpha value is -0.870. The van der Waals surface area contributed by atoms with Crippen LogP contribution in [0.1, 0.15) is 19.7 Å². The number of ether oxygens (including phenoxy) is 1. The summed E-state index contributed by atoms with van der Waals surface area (Å²) in [6.07, 6.45) is 0. The first-order chi connectivity index (χ1) is 6.76. The molecule has 0 atom stereocenters. The van der Waals surface area contributed by atoms with E-state index in [1.807, 2.05) is 13.8 Å². The van der Waals surface area contributed by atoms with Gasteiger partial charge in [-0.2, -0.15) is 0 Å². The standard InChI is InChI=1S/C9H14ClN3O/c1-3-11-8-5-7(10)12-9(13-8)6-14-4-2/h5H,3-4,6H2,1-2H3,(H,11,12,13). The van der Waals surface area contributed by atoms with Gasteiger partial charge in [0.1, 0.15) is 17.6 Å². The molecule has 0 saturated carbocycles. The maximum Gasteiger partial charge on any atom is 0.158 e. The van der Waals surface area contributed by atoms with Crippen molar-refractivity contribution in [3.63, 3.8) is 0 Å². The van der Waals surface area contributed by atoms with Crippen molar-refractivity contribution >= 4 is 17.4 Å². The quantitative estimate of drug-likeness (QED) is 0.765. The van der Waals surface area contributed by atoms with Crippen molar-refractivity contribution in [2.45, 2.75) is 20.5 Å². The van der Waals surface area contributed by atoms with E-state index in [0.29, 0.717) is 24.2 Å². The molecule has 0 radical (unpaired) electrons. The second-order valence-corrected chi connectivity index (χ2v) is 3.05. The highest BCUT2D eigenvalue weighted by atomic mass is 35.5. The van der Waals surface area contributed by atoms with Crippen LogP contribution in [0.2, 0.25) is 5.15 Å². The third-order valence-electron chi connectivity index (χ3n) is 1.53. The molecule has 0 bridgehead atoms. The van der Waals surface area contributed by atoms with Crippen LogP contribution in [0, 0.1) is 0 Å². The first-order valence-corrected chi connectivity index (χ1v) is 4.99. The fraction of sp³-hybridized carbons (Fsp3) is 0.556. The van der Waals surface area contributed by atoms with Crippen LogP contribution in [-0.4, -0.2) is 23.1 Å². The zero-order chi connectivity index (χ0) is 10.4. The number of anilines is 1. The van der Waals surface area contributed by atoms with Crippen molar-refractivity contribution in [3.05, 3.63) is 17.0 Å². The molecule has 5 heteroatoms. The molecule has 0 aliphatic rings. The zero-order valence-corrected chi connectivity index (χ0v) is 9.14. The molecule has 0 fully saturated rings. The lowest BCUT2D eigenvalue weighted by Crippen LogP contribution is -2.05. The number of rotatable bonds is 5. The Kier molecular flexibility index (Phi) is 4.62. The normalized spacial score (nSPS) is 10.2. The molecule has 78 valence electrons. The molecule has 1 heterocycles. The smallest absolute Gasteiger partial charge is 0.158 e. The number of nitrogens with one attached hydrogen (secondary N) is 1. The summed E-state index contributed by atoms with van der Waals surface area (Å²) < 4.78 is 5.20. The highest BCUT2D eigenvalue weighted by molar-refractivity contribution is 6.29. The molecule has 0 aliphatic carbocycles. The van der Waals surface area contributed by atoms with E-state index in [1.54, 1.807) is 6.07 Å². The van der Waals surface area contributed by atoms with Gasteiger partial charge < -0.3 is 10.1 Å². The molecule has 0 unspecified atom stereocenters. The van der Waals surface area contributed by atoms with Gasteiger partial charge in [-0.05, 0) is 13.8 Å². The van der Waals surface area contributed by atoms with E-state index in [2.05, 4.69) is 15.3 Å². The van der Waals surface area contributed by atoms with Crippen LogP contribution in [0.15, 0.2) is 6.07 Å². The Bertz CT molecular complexity index is 293. The molecular formula is C9H14ClN3O. The Morgan fingerprint density at radius 2 is 2.21 bits per heavy atom. The summed E-state index contributed by atoms with van der Waals surface area (Å²) in [5.41, 5.74) is 0. The Labute approximate surface area is 88.7 Å². The minimum atomic E-state index is 0.398. The molecule has 0 aliphatic heterocycles. The van der Waals surface area contributed by atoms with Crippen LogP contribution >= 0.6 is 11.6 Å². The Morgan fingerprint density at radius 1 is 1.43 bits per heavy atom. The molecule has 1 aromatic rings. The molecule has 4 nitrogen and oxygen atoms in total. The number of nitrogens with zero attached hydrogens (tertiary/aromatic N) is 2. The number of aromatic nitrogens is 2. The minimum Gasteiger partial charge on any atom is -0.374 e. The molecule has 0 saturated heterocycles. The maximum atomic E-state index is 5.82. The number of hydrogen-bond donors (Lipinski definition) is 1. The summed E-state index contributed by atoms with van der Waals surface area (Å²) in [5.74, 6) is 1.34. The third kappa shape index (κ3) is 3.47. The molecule has 1 aromatic heterocycles. The van der Waals surface area contributed by atoms with Crippen molar-refractivity contribution in [2.75, 3.05) is 18.5 Å². The van der Waals surface area contributed by atoms with Gasteiger partial charge in [-0.25, -0.2) is 9.97 Å². The number of halogens is 1. The van der Waals surface area contributed by atoms with E-state index in [9.17, 15) is 0 Å². The lowest BCUT2D eigenvalue weighted by Gasteiger charge is -2.05. The second kappa shape index (κ2) is 5.78. The highest BCUT2D eigenvalue weighted by Crippen LogP contribution is 2.11. The molecular weight excluding hydrogens is 202 g/mol. The number of hydrogen-bond acceptors (Lipinski definition) is 4. The van der Waals surface area contributed by atoms with Crippen molar-refractivity contribution < 1.29 is 4.74 Å². The average molecular weight is 216 g/mol. The van der Waals surface area contributed by atoms with Gasteiger partial charge in [-0.15, -0.1) is 0 Å². The highest BCUT2D eigenvalue weighted by Gasteiger charge is 2.02. The first kappa shape index (κ1) is 11.2. The van der Waals surface area contributed by atoms with Gasteiger partial charge >= 0.3 is 0 Å². The summed E-state index contributed by atoms with van der Waals surface area (Å²) in [5, 5.41) is 3.51. The minimum absolute atomic E-state index is 0.398. The molecule has 0 spiro atoms. The van der Waals surface area contributed by atoms with E-state index in [0.717, 1.165) is 12.4 Å². The van der Waals surface area contributed by atoms with Gasteiger partial charge in [0.2, 0.25) is 0 Å².